The van der Waals surface area contributed by atoms with Crippen molar-refractivity contribution in [1.82, 2.24) is 5.32 Å². The van der Waals surface area contributed by atoms with E-state index in [0.717, 1.165) is 0 Å². The van der Waals surface area contributed by atoms with Gasteiger partial charge in [-0.05, 0) is 13.0 Å². The highest BCUT2D eigenvalue weighted by Crippen LogP contribution is 2.30. The molecule has 15 heavy (non-hydrogen) atoms. The maximum atomic E-state index is 11.0. The van der Waals surface area contributed by atoms with Crippen LogP contribution in [0.25, 0.3) is 0 Å². The second kappa shape index (κ2) is 3.51. The molecule has 0 amide bonds. The molecule has 3 N–H and O–H groups in total. The maximum absolute atomic E-state index is 11.0. The largest absolute Gasteiger partial charge is 0.478 e. The number of carboxylic acid groups (broad SMARTS) is 2. The van der Waals surface area contributed by atoms with E-state index in [2.05, 4.69) is 5.32 Å². The summed E-state index contributed by atoms with van der Waals surface area (Å²) in [6, 6.07) is -0.465. The maximum Gasteiger partial charge on any atom is 0.334 e. The van der Waals surface area contributed by atoms with Crippen molar-refractivity contribution in [3.8, 4) is 0 Å². The summed E-state index contributed by atoms with van der Waals surface area (Å²) in [5.74, 6) is -2.56. The Balaban J connectivity index is 2.53. The Kier molecular flexibility index (Phi) is 2.32. The van der Waals surface area contributed by atoms with Gasteiger partial charge in [0.15, 0.2) is 0 Å². The molecule has 2 heterocycles. The monoisotopic (exact) mass is 209 g/mol. The van der Waals surface area contributed by atoms with Crippen LogP contribution in [0.4, 0.5) is 0 Å². The number of aliphatic carboxylic acids is 2. The molecule has 2 unspecified atom stereocenters. The summed E-state index contributed by atoms with van der Waals surface area (Å²) in [6.07, 6.45) is 4.14. The van der Waals surface area contributed by atoms with Crippen LogP contribution in [0.15, 0.2) is 23.3 Å². The Morgan fingerprint density at radius 1 is 1.20 bits per heavy atom. The van der Waals surface area contributed by atoms with Crippen molar-refractivity contribution in [2.24, 2.45) is 5.92 Å². The highest BCUT2D eigenvalue weighted by molar-refractivity contribution is 6.01. The molecule has 0 saturated heterocycles. The van der Waals surface area contributed by atoms with E-state index in [1.54, 1.807) is 12.2 Å². The van der Waals surface area contributed by atoms with Crippen LogP contribution >= 0.6 is 0 Å². The van der Waals surface area contributed by atoms with E-state index in [0.29, 0.717) is 13.0 Å². The predicted octanol–water partition coefficient (Wildman–Crippen LogP) is 0.000100. The van der Waals surface area contributed by atoms with Crippen LogP contribution in [0.2, 0.25) is 0 Å². The van der Waals surface area contributed by atoms with E-state index < -0.39 is 18.0 Å². The molecule has 2 bridgehead atoms. The topological polar surface area (TPSA) is 86.6 Å². The second-order valence-corrected chi connectivity index (χ2v) is 3.65. The minimum atomic E-state index is -1.15. The molecule has 5 nitrogen and oxygen atoms in total. The number of hydrogen-bond acceptors (Lipinski definition) is 3. The SMILES string of the molecule is O=C(O)C1=C(C(=O)O)C2C=CC1CCN2. The minimum absolute atomic E-state index is 0.0208. The number of carbonyl (C=O) groups is 2. The first kappa shape index (κ1) is 9.92. The van der Waals surface area contributed by atoms with Gasteiger partial charge in [-0.25, -0.2) is 9.59 Å². The fourth-order valence-corrected chi connectivity index (χ4v) is 2.13. The molecule has 0 aromatic rings. The zero-order valence-corrected chi connectivity index (χ0v) is 7.93. The Labute approximate surface area is 86.1 Å². The molecule has 0 spiro atoms. The third-order valence-corrected chi connectivity index (χ3v) is 2.79. The van der Waals surface area contributed by atoms with Crippen LogP contribution in [0.5, 0.6) is 0 Å². The van der Waals surface area contributed by atoms with Gasteiger partial charge in [-0.1, -0.05) is 12.2 Å². The lowest BCUT2D eigenvalue weighted by molar-refractivity contribution is -0.136. The second-order valence-electron chi connectivity index (χ2n) is 3.65. The lowest BCUT2D eigenvalue weighted by Gasteiger charge is -2.20. The number of fused-ring (bicyclic) bond motifs is 2. The molecule has 0 radical (unpaired) electrons. The number of rotatable bonds is 2. The van der Waals surface area contributed by atoms with Crippen LogP contribution in [0.1, 0.15) is 6.42 Å². The Hall–Kier alpha value is -1.62. The molecule has 3 aliphatic rings. The molecule has 80 valence electrons. The average Bonchev–Trinajstić information content (AvgIpc) is 2.48. The molecular formula is C10H11NO4. The third kappa shape index (κ3) is 1.55. The third-order valence-electron chi connectivity index (χ3n) is 2.79. The van der Waals surface area contributed by atoms with Gasteiger partial charge in [-0.2, -0.15) is 0 Å². The van der Waals surface area contributed by atoms with Gasteiger partial charge in [-0.3, -0.25) is 0 Å². The molecule has 2 aliphatic heterocycles. The fourth-order valence-electron chi connectivity index (χ4n) is 2.13. The van der Waals surface area contributed by atoms with Gasteiger partial charge >= 0.3 is 11.9 Å². The lowest BCUT2D eigenvalue weighted by Crippen LogP contribution is -2.33. The molecular weight excluding hydrogens is 198 g/mol. The Morgan fingerprint density at radius 2 is 1.87 bits per heavy atom. The smallest absolute Gasteiger partial charge is 0.334 e. The first-order chi connectivity index (χ1) is 7.11. The zero-order chi connectivity index (χ0) is 11.0. The van der Waals surface area contributed by atoms with Crippen LogP contribution in [-0.2, 0) is 9.59 Å². The van der Waals surface area contributed by atoms with E-state index in [1.165, 1.54) is 0 Å². The molecule has 2 atom stereocenters. The van der Waals surface area contributed by atoms with Crippen molar-refractivity contribution in [2.45, 2.75) is 12.5 Å². The van der Waals surface area contributed by atoms with Gasteiger partial charge < -0.3 is 15.5 Å². The zero-order valence-electron chi connectivity index (χ0n) is 7.93. The van der Waals surface area contributed by atoms with E-state index in [4.69, 9.17) is 10.2 Å². The van der Waals surface area contributed by atoms with Gasteiger partial charge in [0.2, 0.25) is 0 Å². The van der Waals surface area contributed by atoms with Gasteiger partial charge in [0, 0.05) is 5.92 Å². The Morgan fingerprint density at radius 3 is 2.47 bits per heavy atom. The molecule has 0 aromatic heterocycles. The highest BCUT2D eigenvalue weighted by atomic mass is 16.4. The van der Waals surface area contributed by atoms with Crippen LogP contribution in [0, 0.1) is 5.92 Å². The highest BCUT2D eigenvalue weighted by Gasteiger charge is 2.35. The number of nitrogens with one attached hydrogen (secondary N) is 1. The van der Waals surface area contributed by atoms with Crippen LogP contribution in [0.3, 0.4) is 0 Å². The Bertz CT molecular complexity index is 349. The predicted molar refractivity (Wildman–Crippen MR) is 51.3 cm³/mol. The summed E-state index contributed by atoms with van der Waals surface area (Å²) in [6.45, 7) is 0.635. The number of carboxylic acids is 2. The van der Waals surface area contributed by atoms with Crippen molar-refractivity contribution in [3.63, 3.8) is 0 Å². The van der Waals surface area contributed by atoms with E-state index in [-0.39, 0.29) is 17.1 Å². The summed E-state index contributed by atoms with van der Waals surface area (Å²) in [4.78, 5) is 22.0. The summed E-state index contributed by atoms with van der Waals surface area (Å²) in [5.41, 5.74) is 0.00694. The number of allylic oxidation sites excluding steroid dienone is 1. The normalized spacial score (nSPS) is 29.1. The first-order valence-corrected chi connectivity index (χ1v) is 4.73. The van der Waals surface area contributed by atoms with E-state index in [1.807, 2.05) is 0 Å². The van der Waals surface area contributed by atoms with Gasteiger partial charge in [-0.15, -0.1) is 0 Å². The van der Waals surface area contributed by atoms with Gasteiger partial charge in [0.05, 0.1) is 17.2 Å². The van der Waals surface area contributed by atoms with Crippen molar-refractivity contribution in [2.75, 3.05) is 6.54 Å². The van der Waals surface area contributed by atoms with E-state index in [9.17, 15) is 9.59 Å². The minimum Gasteiger partial charge on any atom is -0.478 e. The number of hydrogen-bond donors (Lipinski definition) is 3. The van der Waals surface area contributed by atoms with Crippen molar-refractivity contribution in [1.29, 1.82) is 0 Å². The van der Waals surface area contributed by atoms with Crippen molar-refractivity contribution in [3.05, 3.63) is 23.3 Å². The summed E-state index contributed by atoms with van der Waals surface area (Å²) in [5, 5.41) is 21.0. The standard InChI is InChI=1S/C10H11NO4/c12-9(13)7-5-1-2-6(11-4-3-5)8(7)10(14)15/h1-2,5-6,11H,3-4H2,(H,12,13)(H,14,15). The fraction of sp³-hybridized carbons (Fsp3) is 0.400. The molecule has 5 heteroatoms. The summed E-state index contributed by atoms with van der Waals surface area (Å²) >= 11 is 0. The molecule has 0 aromatic carbocycles. The average molecular weight is 209 g/mol. The lowest BCUT2D eigenvalue weighted by atomic mass is 9.85. The summed E-state index contributed by atoms with van der Waals surface area (Å²) in [7, 11) is 0. The van der Waals surface area contributed by atoms with Gasteiger partial charge in [0.25, 0.3) is 0 Å². The quantitative estimate of drug-likeness (QED) is 0.557. The van der Waals surface area contributed by atoms with Gasteiger partial charge in [0.1, 0.15) is 0 Å². The van der Waals surface area contributed by atoms with Crippen LogP contribution < -0.4 is 5.32 Å². The van der Waals surface area contributed by atoms with Crippen molar-refractivity contribution >= 4 is 11.9 Å². The molecule has 1 aliphatic carbocycles. The molecule has 0 saturated carbocycles. The van der Waals surface area contributed by atoms with E-state index >= 15 is 0 Å². The molecule has 0 fully saturated rings. The summed E-state index contributed by atoms with van der Waals surface area (Å²) < 4.78 is 0. The van der Waals surface area contributed by atoms with Crippen molar-refractivity contribution < 1.29 is 19.8 Å². The molecule has 3 rings (SSSR count). The van der Waals surface area contributed by atoms with Crippen LogP contribution in [-0.4, -0.2) is 34.7 Å². The first-order valence-electron chi connectivity index (χ1n) is 4.73.